The topological polar surface area (TPSA) is 119 Å². The molecule has 1 aliphatic rings. The van der Waals surface area contributed by atoms with Gasteiger partial charge in [0.1, 0.15) is 5.82 Å². The maximum Gasteiger partial charge on any atom is 0.251 e. The number of amides is 1. The Morgan fingerprint density at radius 3 is 2.34 bits per heavy atom. The normalized spacial score (nSPS) is 14.0. The number of anilines is 5. The van der Waals surface area contributed by atoms with Gasteiger partial charge in [0.15, 0.2) is 0 Å². The molecule has 2 aromatic carbocycles. The molecule has 1 fully saturated rings. The minimum atomic E-state index is -0.0882. The first-order valence-corrected chi connectivity index (χ1v) is 11.9. The lowest BCUT2D eigenvalue weighted by atomic mass is 10.2. The third kappa shape index (κ3) is 6.65. The van der Waals surface area contributed by atoms with Gasteiger partial charge < -0.3 is 26.0 Å². The van der Waals surface area contributed by atoms with Crippen molar-refractivity contribution in [3.63, 3.8) is 0 Å². The minimum absolute atomic E-state index is 0.0882. The molecule has 0 unspecified atom stereocenters. The molecule has 4 rings (SSSR count). The van der Waals surface area contributed by atoms with Gasteiger partial charge in [-0.1, -0.05) is 6.07 Å². The van der Waals surface area contributed by atoms with E-state index in [9.17, 15) is 4.79 Å². The average molecular weight is 477 g/mol. The summed E-state index contributed by atoms with van der Waals surface area (Å²) < 4.78 is 0. The first-order valence-electron chi connectivity index (χ1n) is 11.9. The molecule has 0 aliphatic carbocycles. The van der Waals surface area contributed by atoms with E-state index < -0.39 is 0 Å². The summed E-state index contributed by atoms with van der Waals surface area (Å²) in [4.78, 5) is 30.0. The van der Waals surface area contributed by atoms with Gasteiger partial charge in [-0.2, -0.15) is 15.0 Å². The van der Waals surface area contributed by atoms with Crippen molar-refractivity contribution in [2.24, 2.45) is 0 Å². The molecule has 0 spiro atoms. The average Bonchev–Trinajstić information content (AvgIpc) is 2.86. The van der Waals surface area contributed by atoms with Gasteiger partial charge in [0.05, 0.1) is 6.61 Å². The predicted molar refractivity (Wildman–Crippen MR) is 138 cm³/mol. The van der Waals surface area contributed by atoms with E-state index in [0.717, 1.165) is 43.2 Å². The second-order valence-corrected chi connectivity index (χ2v) is 8.33. The summed E-state index contributed by atoms with van der Waals surface area (Å²) in [6, 6.07) is 15.2. The van der Waals surface area contributed by atoms with E-state index in [1.54, 1.807) is 6.07 Å². The van der Waals surface area contributed by atoms with Crippen LogP contribution in [0.1, 0.15) is 23.1 Å². The van der Waals surface area contributed by atoms with E-state index in [1.807, 2.05) is 56.3 Å². The molecule has 184 valence electrons. The number of benzene rings is 2. The van der Waals surface area contributed by atoms with Crippen LogP contribution in [0.5, 0.6) is 0 Å². The third-order valence-corrected chi connectivity index (χ3v) is 5.70. The third-order valence-electron chi connectivity index (χ3n) is 5.70. The minimum Gasteiger partial charge on any atom is -0.395 e. The summed E-state index contributed by atoms with van der Waals surface area (Å²) in [5.41, 5.74) is 3.21. The molecule has 35 heavy (non-hydrogen) atoms. The summed E-state index contributed by atoms with van der Waals surface area (Å²) in [7, 11) is 0. The first-order chi connectivity index (χ1) is 17.0. The Hall–Kier alpha value is -3.76. The van der Waals surface area contributed by atoms with E-state index in [0.29, 0.717) is 36.4 Å². The van der Waals surface area contributed by atoms with Crippen LogP contribution in [0.3, 0.4) is 0 Å². The number of aromatic nitrogens is 3. The second-order valence-electron chi connectivity index (χ2n) is 8.33. The van der Waals surface area contributed by atoms with Crippen molar-refractivity contribution in [3.05, 3.63) is 59.9 Å². The summed E-state index contributed by atoms with van der Waals surface area (Å²) in [6.07, 6.45) is 0. The van der Waals surface area contributed by atoms with Crippen LogP contribution in [0, 0.1) is 6.92 Å². The second kappa shape index (κ2) is 11.6. The van der Waals surface area contributed by atoms with Gasteiger partial charge in [0.2, 0.25) is 11.9 Å². The molecule has 1 amide bonds. The Balaban J connectivity index is 1.39. The summed E-state index contributed by atoms with van der Waals surface area (Å²) in [5.74, 6) is 1.73. The van der Waals surface area contributed by atoms with Crippen LogP contribution in [0.15, 0.2) is 48.5 Å². The van der Waals surface area contributed by atoms with Crippen LogP contribution in [-0.2, 0) is 0 Å². The number of carbonyl (C=O) groups excluding carboxylic acids is 1. The number of hydrogen-bond donors (Lipinski definition) is 4. The Labute approximate surface area is 205 Å². The van der Waals surface area contributed by atoms with Crippen molar-refractivity contribution in [2.75, 3.05) is 61.4 Å². The van der Waals surface area contributed by atoms with Crippen molar-refractivity contribution in [1.82, 2.24) is 25.2 Å². The van der Waals surface area contributed by atoms with Crippen LogP contribution < -0.4 is 20.9 Å². The molecule has 0 atom stereocenters. The Morgan fingerprint density at radius 1 is 0.943 bits per heavy atom. The lowest BCUT2D eigenvalue weighted by molar-refractivity contribution is 0.0956. The van der Waals surface area contributed by atoms with Crippen molar-refractivity contribution >= 4 is 34.9 Å². The lowest BCUT2D eigenvalue weighted by Gasteiger charge is -2.34. The maximum atomic E-state index is 12.1. The maximum absolute atomic E-state index is 12.1. The van der Waals surface area contributed by atoms with Crippen LogP contribution in [0.2, 0.25) is 0 Å². The number of rotatable bonds is 9. The summed E-state index contributed by atoms with van der Waals surface area (Å²) in [6.45, 7) is 8.58. The standard InChI is InChI=1S/C25H32N8O2/c1-3-26-23(35)19-5-4-6-22(17-19)29-20-7-9-21(10-8-20)30-24-27-18(2)28-25(31-24)33-13-11-32(12-14-33)15-16-34/h4-10,17,29,34H,3,11-16H2,1-2H3,(H,26,35)(H,27,28,30,31). The molecule has 10 heteroatoms. The van der Waals surface area contributed by atoms with Gasteiger partial charge in [-0.15, -0.1) is 0 Å². The number of hydrogen-bond acceptors (Lipinski definition) is 9. The number of aryl methyl sites for hydroxylation is 1. The number of aliphatic hydroxyl groups is 1. The molecule has 10 nitrogen and oxygen atoms in total. The molecule has 4 N–H and O–H groups in total. The van der Waals surface area contributed by atoms with Crippen LogP contribution in [-0.4, -0.2) is 76.7 Å². The van der Waals surface area contributed by atoms with Gasteiger partial charge in [-0.05, 0) is 56.3 Å². The van der Waals surface area contributed by atoms with Crippen molar-refractivity contribution in [2.45, 2.75) is 13.8 Å². The predicted octanol–water partition coefficient (Wildman–Crippen LogP) is 2.53. The lowest BCUT2D eigenvalue weighted by Crippen LogP contribution is -2.47. The van der Waals surface area contributed by atoms with E-state index in [1.165, 1.54) is 0 Å². The fourth-order valence-corrected chi connectivity index (χ4v) is 3.91. The van der Waals surface area contributed by atoms with Crippen LogP contribution in [0.25, 0.3) is 0 Å². The highest BCUT2D eigenvalue weighted by molar-refractivity contribution is 5.95. The largest absolute Gasteiger partial charge is 0.395 e. The number of β-amino-alcohol motifs (C(OH)–C–C–N with tert-alkyl or cyclic N) is 1. The Morgan fingerprint density at radius 2 is 1.66 bits per heavy atom. The van der Waals surface area contributed by atoms with E-state index in [-0.39, 0.29) is 12.5 Å². The fraction of sp³-hybridized carbons (Fsp3) is 0.360. The molecular formula is C25H32N8O2. The number of carbonyl (C=O) groups is 1. The fourth-order valence-electron chi connectivity index (χ4n) is 3.91. The highest BCUT2D eigenvalue weighted by Gasteiger charge is 2.19. The Bertz CT molecular complexity index is 1130. The van der Waals surface area contributed by atoms with Crippen molar-refractivity contribution < 1.29 is 9.90 Å². The van der Waals surface area contributed by atoms with Crippen LogP contribution >= 0.6 is 0 Å². The first kappa shape index (κ1) is 24.4. The molecule has 0 saturated carbocycles. The zero-order chi connectivity index (χ0) is 24.6. The number of nitrogens with one attached hydrogen (secondary N) is 3. The molecule has 0 radical (unpaired) electrons. The van der Waals surface area contributed by atoms with E-state index >= 15 is 0 Å². The molecule has 1 aromatic heterocycles. The van der Waals surface area contributed by atoms with Gasteiger partial charge in [-0.3, -0.25) is 9.69 Å². The van der Waals surface area contributed by atoms with Crippen molar-refractivity contribution in [1.29, 1.82) is 0 Å². The smallest absolute Gasteiger partial charge is 0.251 e. The zero-order valence-corrected chi connectivity index (χ0v) is 20.2. The molecular weight excluding hydrogens is 444 g/mol. The van der Waals surface area contributed by atoms with E-state index in [4.69, 9.17) is 5.11 Å². The SMILES string of the molecule is CCNC(=O)c1cccc(Nc2ccc(Nc3nc(C)nc(N4CCN(CCO)CC4)n3)cc2)c1. The zero-order valence-electron chi connectivity index (χ0n) is 20.2. The van der Waals surface area contributed by atoms with E-state index in [2.05, 4.69) is 40.7 Å². The quantitative estimate of drug-likeness (QED) is 0.369. The molecule has 1 aliphatic heterocycles. The number of piperazine rings is 1. The van der Waals surface area contributed by atoms with Gasteiger partial charge >= 0.3 is 0 Å². The highest BCUT2D eigenvalue weighted by atomic mass is 16.3. The van der Waals surface area contributed by atoms with Crippen molar-refractivity contribution in [3.8, 4) is 0 Å². The molecule has 1 saturated heterocycles. The summed E-state index contributed by atoms with van der Waals surface area (Å²) >= 11 is 0. The van der Waals surface area contributed by atoms with Gasteiger partial charge in [0.25, 0.3) is 5.91 Å². The monoisotopic (exact) mass is 476 g/mol. The van der Waals surface area contributed by atoms with Crippen LogP contribution in [0.4, 0.5) is 29.0 Å². The van der Waals surface area contributed by atoms with Gasteiger partial charge in [0, 0.05) is 61.9 Å². The Kier molecular flexibility index (Phi) is 8.07. The number of aliphatic hydroxyl groups excluding tert-OH is 1. The molecule has 0 bridgehead atoms. The number of nitrogens with zero attached hydrogens (tertiary/aromatic N) is 5. The molecule has 2 heterocycles. The highest BCUT2D eigenvalue weighted by Crippen LogP contribution is 2.22. The molecule has 3 aromatic rings. The van der Waals surface area contributed by atoms with Gasteiger partial charge in [-0.25, -0.2) is 0 Å². The summed E-state index contributed by atoms with van der Waals surface area (Å²) in [5, 5.41) is 18.6.